The molecular formula is C21H20N6O2. The average molecular weight is 388 g/mol. The van der Waals surface area contributed by atoms with Crippen LogP contribution in [0.2, 0.25) is 0 Å². The van der Waals surface area contributed by atoms with Gasteiger partial charge in [0.1, 0.15) is 5.82 Å². The molecule has 0 bridgehead atoms. The molecule has 3 aromatic heterocycles. The van der Waals surface area contributed by atoms with Gasteiger partial charge in [0.05, 0.1) is 5.52 Å². The molecule has 0 aliphatic carbocycles. The summed E-state index contributed by atoms with van der Waals surface area (Å²) in [5, 5.41) is 3.13. The van der Waals surface area contributed by atoms with Gasteiger partial charge in [-0.3, -0.25) is 14.3 Å². The third-order valence-corrected chi connectivity index (χ3v) is 5.50. The maximum absolute atomic E-state index is 12.8. The molecule has 0 saturated carbocycles. The Morgan fingerprint density at radius 1 is 1.24 bits per heavy atom. The molecule has 1 aliphatic heterocycles. The molecule has 0 fully saturated rings. The molecule has 1 amide bonds. The zero-order valence-electron chi connectivity index (χ0n) is 15.9. The van der Waals surface area contributed by atoms with Crippen LogP contribution in [0.3, 0.4) is 0 Å². The third-order valence-electron chi connectivity index (χ3n) is 5.50. The number of aromatic nitrogens is 5. The lowest BCUT2D eigenvalue weighted by molar-refractivity contribution is 0.0930. The zero-order valence-corrected chi connectivity index (χ0v) is 15.9. The number of aryl methyl sites for hydroxylation is 2. The van der Waals surface area contributed by atoms with E-state index in [9.17, 15) is 9.59 Å². The quantitative estimate of drug-likeness (QED) is 0.560. The molecule has 29 heavy (non-hydrogen) atoms. The Morgan fingerprint density at radius 3 is 3.03 bits per heavy atom. The van der Waals surface area contributed by atoms with Crippen molar-refractivity contribution in [2.24, 2.45) is 7.05 Å². The number of hydrogen-bond acceptors (Lipinski definition) is 4. The first-order valence-corrected chi connectivity index (χ1v) is 9.54. The molecule has 1 atom stereocenters. The number of imidazole rings is 2. The van der Waals surface area contributed by atoms with Crippen LogP contribution >= 0.6 is 0 Å². The number of pyridine rings is 1. The Kier molecular flexibility index (Phi) is 4.04. The van der Waals surface area contributed by atoms with Gasteiger partial charge in [0.25, 0.3) is 5.91 Å². The Hall–Kier alpha value is -3.68. The number of carbonyl (C=O) groups is 1. The second-order valence-corrected chi connectivity index (χ2v) is 7.36. The minimum Gasteiger partial charge on any atom is -0.349 e. The van der Waals surface area contributed by atoms with Gasteiger partial charge in [0.15, 0.2) is 5.65 Å². The molecule has 2 N–H and O–H groups in total. The van der Waals surface area contributed by atoms with Gasteiger partial charge in [-0.1, -0.05) is 12.1 Å². The van der Waals surface area contributed by atoms with Crippen molar-refractivity contribution >= 4 is 17.1 Å². The summed E-state index contributed by atoms with van der Waals surface area (Å²) in [5.41, 5.74) is 3.39. The van der Waals surface area contributed by atoms with Crippen molar-refractivity contribution in [3.05, 3.63) is 70.8 Å². The van der Waals surface area contributed by atoms with Crippen molar-refractivity contribution in [2.45, 2.75) is 25.4 Å². The lowest BCUT2D eigenvalue weighted by Gasteiger charge is -2.24. The fourth-order valence-corrected chi connectivity index (χ4v) is 3.84. The number of benzene rings is 1. The highest BCUT2D eigenvalue weighted by molar-refractivity contribution is 5.95. The number of nitrogens with one attached hydrogen (secondary N) is 2. The smallest absolute Gasteiger partial charge is 0.327 e. The van der Waals surface area contributed by atoms with Gasteiger partial charge >= 0.3 is 5.69 Å². The molecule has 5 rings (SSSR count). The Labute approximate surface area is 166 Å². The minimum absolute atomic E-state index is 0.0773. The van der Waals surface area contributed by atoms with Crippen LogP contribution in [0, 0.1) is 0 Å². The van der Waals surface area contributed by atoms with Crippen molar-refractivity contribution in [1.29, 1.82) is 0 Å². The maximum Gasteiger partial charge on any atom is 0.327 e. The first kappa shape index (κ1) is 17.4. The predicted octanol–water partition coefficient (Wildman–Crippen LogP) is 1.87. The Bertz CT molecular complexity index is 1280. The molecule has 0 spiro atoms. The summed E-state index contributed by atoms with van der Waals surface area (Å²) >= 11 is 0. The zero-order chi connectivity index (χ0) is 20.0. The summed E-state index contributed by atoms with van der Waals surface area (Å²) in [6.45, 7) is 0.862. The van der Waals surface area contributed by atoms with Gasteiger partial charge in [-0.2, -0.15) is 0 Å². The summed E-state index contributed by atoms with van der Waals surface area (Å²) in [7, 11) is 1.70. The number of hydrogen-bond donors (Lipinski definition) is 2. The normalized spacial score (nSPS) is 16.0. The maximum atomic E-state index is 12.8. The number of fused-ring (bicyclic) bond motifs is 2. The SMILES string of the molecule is Cn1c(=O)[nH]c2ncc(-c3cccc(C(=O)N[C@@H]4CCn5ccnc5C4)c3)cc21. The first-order valence-electron chi connectivity index (χ1n) is 9.54. The average Bonchev–Trinajstić information content (AvgIpc) is 3.32. The van der Waals surface area contributed by atoms with Crippen LogP contribution in [0.1, 0.15) is 22.6 Å². The highest BCUT2D eigenvalue weighted by Crippen LogP contribution is 2.23. The van der Waals surface area contributed by atoms with E-state index in [4.69, 9.17) is 0 Å². The van der Waals surface area contributed by atoms with Crippen LogP contribution in [0.15, 0.2) is 53.7 Å². The molecule has 146 valence electrons. The van der Waals surface area contributed by atoms with Crippen LogP contribution in [-0.4, -0.2) is 36.0 Å². The number of carbonyl (C=O) groups excluding carboxylic acids is 1. The lowest BCUT2D eigenvalue weighted by atomic mass is 10.0. The Morgan fingerprint density at radius 2 is 2.14 bits per heavy atom. The molecule has 4 heterocycles. The van der Waals surface area contributed by atoms with E-state index in [1.165, 1.54) is 4.57 Å². The summed E-state index contributed by atoms with van der Waals surface area (Å²) in [5.74, 6) is 0.909. The molecule has 0 saturated heterocycles. The molecule has 0 radical (unpaired) electrons. The van der Waals surface area contributed by atoms with Crippen LogP contribution < -0.4 is 11.0 Å². The van der Waals surface area contributed by atoms with Gasteiger partial charge in [-0.15, -0.1) is 0 Å². The fourth-order valence-electron chi connectivity index (χ4n) is 3.84. The molecule has 8 nitrogen and oxygen atoms in total. The standard InChI is InChI=1S/C21H20N6O2/c1-26-17-10-15(12-23-19(17)25-21(26)29)13-3-2-4-14(9-13)20(28)24-16-5-7-27-8-6-22-18(27)11-16/h2-4,6,8-10,12,16H,5,7,11H2,1H3,(H,24,28)(H,23,25,29)/t16-/m1/s1. The second kappa shape index (κ2) is 6.73. The van der Waals surface area contributed by atoms with E-state index < -0.39 is 0 Å². The van der Waals surface area contributed by atoms with Crippen molar-refractivity contribution in [3.8, 4) is 11.1 Å². The van der Waals surface area contributed by atoms with Crippen LogP contribution in [0.25, 0.3) is 22.3 Å². The van der Waals surface area contributed by atoms with Crippen molar-refractivity contribution < 1.29 is 4.79 Å². The Balaban J connectivity index is 1.39. The summed E-state index contributed by atoms with van der Waals surface area (Å²) in [6.07, 6.45) is 7.10. The van der Waals surface area contributed by atoms with E-state index in [0.717, 1.165) is 41.9 Å². The predicted molar refractivity (Wildman–Crippen MR) is 109 cm³/mol. The van der Waals surface area contributed by atoms with Gasteiger partial charge in [0, 0.05) is 55.8 Å². The topological polar surface area (TPSA) is 97.6 Å². The van der Waals surface area contributed by atoms with Gasteiger partial charge in [-0.05, 0) is 30.2 Å². The van der Waals surface area contributed by atoms with E-state index in [-0.39, 0.29) is 17.6 Å². The van der Waals surface area contributed by atoms with Gasteiger partial charge in [-0.25, -0.2) is 14.8 Å². The molecule has 1 aromatic carbocycles. The van der Waals surface area contributed by atoms with E-state index in [2.05, 4.69) is 24.8 Å². The number of aromatic amines is 1. The van der Waals surface area contributed by atoms with Crippen molar-refractivity contribution in [1.82, 2.24) is 29.4 Å². The largest absolute Gasteiger partial charge is 0.349 e. The van der Waals surface area contributed by atoms with Crippen LogP contribution in [-0.2, 0) is 20.0 Å². The van der Waals surface area contributed by atoms with E-state index in [1.807, 2.05) is 30.5 Å². The van der Waals surface area contributed by atoms with Gasteiger partial charge in [0.2, 0.25) is 0 Å². The third kappa shape index (κ3) is 3.12. The number of rotatable bonds is 3. The second-order valence-electron chi connectivity index (χ2n) is 7.36. The van der Waals surface area contributed by atoms with Crippen LogP contribution in [0.5, 0.6) is 0 Å². The molecule has 4 aromatic rings. The highest BCUT2D eigenvalue weighted by Gasteiger charge is 2.21. The van der Waals surface area contributed by atoms with Crippen molar-refractivity contribution in [3.63, 3.8) is 0 Å². The van der Waals surface area contributed by atoms with Crippen molar-refractivity contribution in [2.75, 3.05) is 0 Å². The molecule has 1 aliphatic rings. The summed E-state index contributed by atoms with van der Waals surface area (Å²) in [6, 6.07) is 9.43. The fraction of sp³-hybridized carbons (Fsp3) is 0.238. The number of nitrogens with zero attached hydrogens (tertiary/aromatic N) is 4. The molecular weight excluding hydrogens is 368 g/mol. The van der Waals surface area contributed by atoms with E-state index >= 15 is 0 Å². The number of H-pyrrole nitrogens is 1. The number of amides is 1. The van der Waals surface area contributed by atoms with Crippen LogP contribution in [0.4, 0.5) is 0 Å². The summed E-state index contributed by atoms with van der Waals surface area (Å²) < 4.78 is 3.65. The first-order chi connectivity index (χ1) is 14.1. The lowest BCUT2D eigenvalue weighted by Crippen LogP contribution is -2.40. The highest BCUT2D eigenvalue weighted by atomic mass is 16.2. The minimum atomic E-state index is -0.203. The molecule has 0 unspecified atom stereocenters. The van der Waals surface area contributed by atoms with E-state index in [1.54, 1.807) is 25.5 Å². The molecule has 8 heteroatoms. The van der Waals surface area contributed by atoms with E-state index in [0.29, 0.717) is 11.2 Å². The summed E-state index contributed by atoms with van der Waals surface area (Å²) in [4.78, 5) is 36.0. The monoisotopic (exact) mass is 388 g/mol. The van der Waals surface area contributed by atoms with Gasteiger partial charge < -0.3 is 9.88 Å².